The molecule has 0 fully saturated rings. The van der Waals surface area contributed by atoms with Gasteiger partial charge in [-0.05, 0) is 104 Å². The molecule has 10 heteroatoms. The minimum absolute atomic E-state index is 0.0697. The molecule has 0 aliphatic rings. The molecule has 1 N–H and O–H groups in total. The molecule has 2 rings (SSSR count). The van der Waals surface area contributed by atoms with Crippen LogP contribution in [0.3, 0.4) is 0 Å². The molecule has 0 radical (unpaired) electrons. The highest BCUT2D eigenvalue weighted by atomic mass is 127. The summed E-state index contributed by atoms with van der Waals surface area (Å²) in [6, 6.07) is 8.21. The van der Waals surface area contributed by atoms with E-state index in [1.54, 1.807) is 0 Å². The van der Waals surface area contributed by atoms with Gasteiger partial charge < -0.3 is 14.6 Å². The molecule has 0 saturated carbocycles. The first-order valence-corrected chi connectivity index (χ1v) is 11.5. The van der Waals surface area contributed by atoms with E-state index in [2.05, 4.69) is 72.5 Å². The summed E-state index contributed by atoms with van der Waals surface area (Å²) < 4.78 is 48.5. The molecule has 136 valence electrons. The third kappa shape index (κ3) is 6.21. The van der Waals surface area contributed by atoms with Gasteiger partial charge in [-0.2, -0.15) is 0 Å². The lowest BCUT2D eigenvalue weighted by molar-refractivity contribution is -0.0991. The molecule has 0 aliphatic carbocycles. The van der Waals surface area contributed by atoms with Gasteiger partial charge in [-0.15, -0.1) is 6.54 Å². The van der Waals surface area contributed by atoms with E-state index in [1.807, 2.05) is 12.1 Å². The summed E-state index contributed by atoms with van der Waals surface area (Å²) >= 11 is 6.44. The summed E-state index contributed by atoms with van der Waals surface area (Å²) in [5, 5.41) is 10.2. The van der Waals surface area contributed by atoms with Crippen LogP contribution in [-0.4, -0.2) is 26.7 Å². The normalized spacial score (nSPS) is 13.0. The lowest BCUT2D eigenvalue weighted by Gasteiger charge is -2.22. The summed E-state index contributed by atoms with van der Waals surface area (Å²) in [6.07, 6.45) is -1.17. The predicted molar refractivity (Wildman–Crippen MR) is 117 cm³/mol. The third-order valence-electron chi connectivity index (χ3n) is 3.03. The van der Waals surface area contributed by atoms with Crippen molar-refractivity contribution in [3.8, 4) is 0 Å². The molecular formula is C15H12FI3NO4S-. The highest BCUT2D eigenvalue weighted by Crippen LogP contribution is 2.28. The van der Waals surface area contributed by atoms with E-state index in [4.69, 9.17) is 4.74 Å². The van der Waals surface area contributed by atoms with E-state index in [9.17, 15) is 17.9 Å². The van der Waals surface area contributed by atoms with Crippen LogP contribution in [0.4, 0.5) is 4.39 Å². The first-order valence-electron chi connectivity index (χ1n) is 6.84. The predicted octanol–water partition coefficient (Wildman–Crippen LogP) is 4.41. The molecule has 0 spiro atoms. The van der Waals surface area contributed by atoms with Crippen molar-refractivity contribution in [2.45, 2.75) is 11.2 Å². The highest BCUT2D eigenvalue weighted by molar-refractivity contribution is 14.1. The Bertz CT molecular complexity index is 847. The Labute approximate surface area is 186 Å². The van der Waals surface area contributed by atoms with Gasteiger partial charge in [0, 0.05) is 27.8 Å². The molecule has 1 atom stereocenters. The molecule has 1 unspecified atom stereocenters. The van der Waals surface area contributed by atoms with Gasteiger partial charge in [0.25, 0.3) is 0 Å². The third-order valence-corrected chi connectivity index (χ3v) is 8.13. The molecule has 0 heterocycles. The van der Waals surface area contributed by atoms with Crippen LogP contribution in [0, 0.1) is 16.5 Å². The van der Waals surface area contributed by atoms with Gasteiger partial charge in [-0.3, -0.25) is 0 Å². The second kappa shape index (κ2) is 9.54. The van der Waals surface area contributed by atoms with Crippen molar-refractivity contribution in [2.75, 3.05) is 13.2 Å². The summed E-state index contributed by atoms with van der Waals surface area (Å²) in [6.45, 7) is -0.214. The number of hydrogen-bond donors (Lipinski definition) is 1. The molecule has 0 aliphatic heterocycles. The zero-order valence-corrected chi connectivity index (χ0v) is 19.8. The minimum Gasteiger partial charge on any atom is -0.543 e. The maximum Gasteiger partial charge on any atom is 0.182 e. The molecule has 0 saturated heterocycles. The Hall–Kier alpha value is 0.390. The summed E-state index contributed by atoms with van der Waals surface area (Å²) in [7, 11) is -3.87. The van der Waals surface area contributed by atoms with Gasteiger partial charge in [0.1, 0.15) is 15.8 Å². The van der Waals surface area contributed by atoms with Gasteiger partial charge in [-0.1, -0.05) is 0 Å². The van der Waals surface area contributed by atoms with Crippen LogP contribution in [0.5, 0.6) is 0 Å². The molecule has 25 heavy (non-hydrogen) atoms. The van der Waals surface area contributed by atoms with Crippen LogP contribution < -0.4 is 0 Å². The van der Waals surface area contributed by atoms with Gasteiger partial charge in [-0.25, -0.2) is 12.8 Å². The van der Waals surface area contributed by atoms with Crippen molar-refractivity contribution in [1.82, 2.24) is 0 Å². The monoisotopic (exact) mass is 702 g/mol. The molecular weight excluding hydrogens is 690 g/mol. The van der Waals surface area contributed by atoms with E-state index in [0.29, 0.717) is 5.56 Å². The second-order valence-corrected chi connectivity index (χ2v) is 9.96. The quantitative estimate of drug-likeness (QED) is 0.201. The molecule has 2 aromatic carbocycles. The number of benzene rings is 2. The largest absolute Gasteiger partial charge is 0.543 e. The lowest BCUT2D eigenvalue weighted by Crippen LogP contribution is -2.11. The average Bonchev–Trinajstić information content (AvgIpc) is 2.55. The number of aliphatic hydroxyl groups is 1. The van der Waals surface area contributed by atoms with Crippen LogP contribution in [-0.2, 0) is 14.8 Å². The average molecular weight is 702 g/mol. The van der Waals surface area contributed by atoms with Crippen LogP contribution in [0.25, 0.3) is 4.72 Å². The first kappa shape index (κ1) is 21.7. The summed E-state index contributed by atoms with van der Waals surface area (Å²) in [5.74, 6) is -0.521. The van der Waals surface area contributed by atoms with Crippen LogP contribution in [0.1, 0.15) is 11.9 Å². The molecule has 0 aromatic heterocycles. The van der Waals surface area contributed by atoms with Crippen molar-refractivity contribution in [1.29, 1.82) is 0 Å². The molecule has 2 aromatic rings. The van der Waals surface area contributed by atoms with Crippen LogP contribution in [0.2, 0.25) is 0 Å². The number of ether oxygens (including phenoxy) is 1. The Kier molecular flexibility index (Phi) is 8.28. The van der Waals surface area contributed by atoms with E-state index in [1.165, 1.54) is 0 Å². The first-order chi connectivity index (χ1) is 11.7. The number of hydrogen-bond acceptors (Lipinski definition) is 4. The van der Waals surface area contributed by atoms with E-state index >= 15 is 0 Å². The summed E-state index contributed by atoms with van der Waals surface area (Å²) in [4.78, 5) is -0.0869. The smallest absolute Gasteiger partial charge is 0.182 e. The van der Waals surface area contributed by atoms with Crippen molar-refractivity contribution in [3.05, 3.63) is 63.2 Å². The van der Waals surface area contributed by atoms with E-state index in [0.717, 1.165) is 35.0 Å². The second-order valence-electron chi connectivity index (χ2n) is 4.80. The maximum atomic E-state index is 12.8. The fourth-order valence-corrected chi connectivity index (χ4v) is 5.26. The number of aliphatic hydroxyl groups excluding tert-OH is 1. The summed E-state index contributed by atoms with van der Waals surface area (Å²) in [5.41, 5.74) is 0.623. The van der Waals surface area contributed by atoms with E-state index < -0.39 is 22.1 Å². The van der Waals surface area contributed by atoms with Gasteiger partial charge in [0.15, 0.2) is 6.29 Å². The lowest BCUT2D eigenvalue weighted by atomic mass is 10.2. The van der Waals surface area contributed by atoms with Crippen molar-refractivity contribution in [3.63, 3.8) is 0 Å². The SMILES string of the molecule is O=S(=O)([N-]CCOC(O)c1cc(I)cc(I)c1I)c1ccc(F)cc1. The zero-order chi connectivity index (χ0) is 18.6. The van der Waals surface area contributed by atoms with Crippen molar-refractivity contribution < 1.29 is 22.7 Å². The van der Waals surface area contributed by atoms with Gasteiger partial charge in [0.2, 0.25) is 0 Å². The van der Waals surface area contributed by atoms with Crippen molar-refractivity contribution >= 4 is 77.8 Å². The number of halogens is 4. The van der Waals surface area contributed by atoms with Gasteiger partial charge in [0.05, 0.1) is 0 Å². The Morgan fingerprint density at radius 2 is 1.80 bits per heavy atom. The molecule has 5 nitrogen and oxygen atoms in total. The number of sulfonamides is 1. The van der Waals surface area contributed by atoms with E-state index in [-0.39, 0.29) is 18.0 Å². The minimum atomic E-state index is -3.87. The number of rotatable bonds is 7. The zero-order valence-electron chi connectivity index (χ0n) is 12.5. The maximum absolute atomic E-state index is 12.8. The van der Waals surface area contributed by atoms with Crippen molar-refractivity contribution in [2.24, 2.45) is 0 Å². The van der Waals surface area contributed by atoms with Crippen LogP contribution in [0.15, 0.2) is 41.3 Å². The standard InChI is InChI=1S/C15H12FI3NO4S/c16-9-1-3-11(4-2-9)25(22,23)20-5-6-24-15(21)12-7-10(17)8-13(18)14(12)19/h1-4,7-8,15,21H,5-6H2/q-1. The Balaban J connectivity index is 1.91. The Morgan fingerprint density at radius 1 is 1.16 bits per heavy atom. The van der Waals surface area contributed by atoms with Crippen LogP contribution >= 0.6 is 67.8 Å². The fraction of sp³-hybridized carbons (Fsp3) is 0.200. The number of nitrogens with zero attached hydrogens (tertiary/aromatic N) is 1. The van der Waals surface area contributed by atoms with Gasteiger partial charge >= 0.3 is 0 Å². The highest BCUT2D eigenvalue weighted by Gasteiger charge is 2.14. The Morgan fingerprint density at radius 3 is 2.44 bits per heavy atom. The molecule has 0 amide bonds. The topological polar surface area (TPSA) is 77.7 Å². The molecule has 0 bridgehead atoms. The fourth-order valence-electron chi connectivity index (χ4n) is 1.85.